The Bertz CT molecular complexity index is 810. The van der Waals surface area contributed by atoms with E-state index < -0.39 is 0 Å². The zero-order valence-corrected chi connectivity index (χ0v) is 12.0. The van der Waals surface area contributed by atoms with Gasteiger partial charge < -0.3 is 0 Å². The van der Waals surface area contributed by atoms with E-state index >= 15 is 0 Å². The van der Waals surface area contributed by atoms with E-state index in [1.807, 2.05) is 0 Å². The van der Waals surface area contributed by atoms with Crippen LogP contribution in [0.3, 0.4) is 0 Å². The minimum atomic E-state index is 1.06. The Balaban J connectivity index is 1.73. The standard InChI is InChI=1S/C21H18/c1-2-6-16(7-3-1)12-13-17-14-15-19-9-4-8-18-10-5-11-20(17)21(18)19/h1-9,11,14-15H,10,12-13H2. The van der Waals surface area contributed by atoms with Gasteiger partial charge in [0, 0.05) is 0 Å². The summed E-state index contributed by atoms with van der Waals surface area (Å²) in [4.78, 5) is 0. The second-order valence-electron chi connectivity index (χ2n) is 5.75. The molecule has 0 aromatic heterocycles. The van der Waals surface area contributed by atoms with E-state index in [1.54, 1.807) is 0 Å². The first-order valence-electron chi connectivity index (χ1n) is 7.66. The number of hydrogen-bond acceptors (Lipinski definition) is 0. The topological polar surface area (TPSA) is 0 Å². The van der Waals surface area contributed by atoms with Gasteiger partial charge in [-0.15, -0.1) is 0 Å². The monoisotopic (exact) mass is 270 g/mol. The van der Waals surface area contributed by atoms with Crippen LogP contribution < -0.4 is 0 Å². The number of rotatable bonds is 3. The number of hydrogen-bond donors (Lipinski definition) is 0. The molecule has 0 nitrogen and oxygen atoms in total. The average molecular weight is 270 g/mol. The summed E-state index contributed by atoms with van der Waals surface area (Å²) >= 11 is 0. The zero-order chi connectivity index (χ0) is 14.1. The van der Waals surface area contributed by atoms with E-state index in [1.165, 1.54) is 33.0 Å². The van der Waals surface area contributed by atoms with Gasteiger partial charge in [-0.05, 0) is 52.3 Å². The lowest BCUT2D eigenvalue weighted by Gasteiger charge is -2.16. The normalized spacial score (nSPS) is 12.8. The summed E-state index contributed by atoms with van der Waals surface area (Å²) in [5.74, 6) is 0. The molecule has 1 aliphatic rings. The summed E-state index contributed by atoms with van der Waals surface area (Å²) in [6, 6.07) is 22.0. The SMILES string of the molecule is C1=Cc2c(CCc3ccccc3)ccc3cccc(c23)C1. The van der Waals surface area contributed by atoms with Crippen molar-refractivity contribution in [2.24, 2.45) is 0 Å². The van der Waals surface area contributed by atoms with Gasteiger partial charge in [-0.25, -0.2) is 0 Å². The number of allylic oxidation sites excluding steroid dienone is 1. The van der Waals surface area contributed by atoms with Gasteiger partial charge in [-0.3, -0.25) is 0 Å². The van der Waals surface area contributed by atoms with Crippen LogP contribution in [-0.4, -0.2) is 0 Å². The van der Waals surface area contributed by atoms with Crippen LogP contribution in [0.5, 0.6) is 0 Å². The van der Waals surface area contributed by atoms with Gasteiger partial charge in [0.1, 0.15) is 0 Å². The average Bonchev–Trinajstić information content (AvgIpc) is 2.56. The molecule has 1 aliphatic carbocycles. The molecule has 0 amide bonds. The fourth-order valence-corrected chi connectivity index (χ4v) is 3.33. The maximum atomic E-state index is 2.32. The summed E-state index contributed by atoms with van der Waals surface area (Å²) < 4.78 is 0. The molecular weight excluding hydrogens is 252 g/mol. The van der Waals surface area contributed by atoms with Gasteiger partial charge in [0.25, 0.3) is 0 Å². The Hall–Kier alpha value is -2.34. The molecule has 0 heterocycles. The third-order valence-corrected chi connectivity index (χ3v) is 4.41. The van der Waals surface area contributed by atoms with Crippen molar-refractivity contribution in [1.29, 1.82) is 0 Å². The fourth-order valence-electron chi connectivity index (χ4n) is 3.33. The summed E-state index contributed by atoms with van der Waals surface area (Å²) in [6.45, 7) is 0. The molecule has 0 aliphatic heterocycles. The Morgan fingerprint density at radius 2 is 1.67 bits per heavy atom. The Morgan fingerprint density at radius 1 is 0.762 bits per heavy atom. The third kappa shape index (κ3) is 2.27. The van der Waals surface area contributed by atoms with E-state index in [-0.39, 0.29) is 0 Å². The van der Waals surface area contributed by atoms with Gasteiger partial charge in [0.05, 0.1) is 0 Å². The van der Waals surface area contributed by atoms with Crippen LogP contribution in [0, 0.1) is 0 Å². The molecule has 21 heavy (non-hydrogen) atoms. The molecule has 3 aromatic carbocycles. The van der Waals surface area contributed by atoms with Crippen LogP contribution >= 0.6 is 0 Å². The Morgan fingerprint density at radius 3 is 2.57 bits per heavy atom. The van der Waals surface area contributed by atoms with Crippen LogP contribution in [0.25, 0.3) is 16.8 Å². The van der Waals surface area contributed by atoms with E-state index in [0.29, 0.717) is 0 Å². The summed E-state index contributed by atoms with van der Waals surface area (Å²) in [5.41, 5.74) is 5.78. The highest BCUT2D eigenvalue weighted by atomic mass is 14.2. The van der Waals surface area contributed by atoms with Crippen molar-refractivity contribution in [2.45, 2.75) is 19.3 Å². The largest absolute Gasteiger partial charge is 0.0795 e. The van der Waals surface area contributed by atoms with Crippen LogP contribution in [-0.2, 0) is 19.3 Å². The molecule has 0 radical (unpaired) electrons. The quantitative estimate of drug-likeness (QED) is 0.614. The molecule has 0 N–H and O–H groups in total. The van der Waals surface area contributed by atoms with E-state index in [0.717, 1.165) is 19.3 Å². The van der Waals surface area contributed by atoms with Gasteiger partial charge in [0.15, 0.2) is 0 Å². The van der Waals surface area contributed by atoms with Crippen molar-refractivity contribution in [1.82, 2.24) is 0 Å². The molecule has 0 saturated heterocycles. The molecule has 4 rings (SSSR count). The van der Waals surface area contributed by atoms with Crippen molar-refractivity contribution in [3.05, 3.63) is 89.0 Å². The number of benzene rings is 3. The first kappa shape index (κ1) is 12.4. The summed E-state index contributed by atoms with van der Waals surface area (Å²) in [6.07, 6.45) is 7.88. The predicted octanol–water partition coefficient (Wildman–Crippen LogP) is 5.19. The Kier molecular flexibility index (Phi) is 3.08. The lowest BCUT2D eigenvalue weighted by Crippen LogP contribution is -1.99. The smallest absolute Gasteiger partial charge is 0.00735 e. The molecular formula is C21H18. The van der Waals surface area contributed by atoms with Crippen molar-refractivity contribution in [3.63, 3.8) is 0 Å². The highest BCUT2D eigenvalue weighted by Gasteiger charge is 2.11. The molecule has 102 valence electrons. The molecule has 0 bridgehead atoms. The highest BCUT2D eigenvalue weighted by Crippen LogP contribution is 2.31. The molecule has 3 aromatic rings. The first-order chi connectivity index (χ1) is 10.4. The van der Waals surface area contributed by atoms with Crippen molar-refractivity contribution < 1.29 is 0 Å². The van der Waals surface area contributed by atoms with Crippen LogP contribution in [0.4, 0.5) is 0 Å². The summed E-state index contributed by atoms with van der Waals surface area (Å²) in [5, 5.41) is 2.83. The van der Waals surface area contributed by atoms with Crippen LogP contribution in [0.15, 0.2) is 66.7 Å². The number of aryl methyl sites for hydroxylation is 2. The maximum Gasteiger partial charge on any atom is -0.00735 e. The third-order valence-electron chi connectivity index (χ3n) is 4.41. The predicted molar refractivity (Wildman–Crippen MR) is 90.5 cm³/mol. The van der Waals surface area contributed by atoms with E-state index in [4.69, 9.17) is 0 Å². The van der Waals surface area contributed by atoms with Gasteiger partial charge in [-0.1, -0.05) is 72.8 Å². The van der Waals surface area contributed by atoms with Crippen LogP contribution in [0.2, 0.25) is 0 Å². The molecule has 0 atom stereocenters. The molecule has 0 heteroatoms. The first-order valence-corrected chi connectivity index (χ1v) is 7.66. The zero-order valence-electron chi connectivity index (χ0n) is 12.0. The molecule has 0 unspecified atom stereocenters. The fraction of sp³-hybridized carbons (Fsp3) is 0.143. The summed E-state index contributed by atoms with van der Waals surface area (Å²) in [7, 11) is 0. The van der Waals surface area contributed by atoms with E-state index in [9.17, 15) is 0 Å². The van der Waals surface area contributed by atoms with Crippen molar-refractivity contribution in [2.75, 3.05) is 0 Å². The highest BCUT2D eigenvalue weighted by molar-refractivity contribution is 5.96. The molecule has 0 spiro atoms. The van der Waals surface area contributed by atoms with Crippen molar-refractivity contribution >= 4 is 16.8 Å². The van der Waals surface area contributed by atoms with Gasteiger partial charge >= 0.3 is 0 Å². The Labute approximate surface area is 125 Å². The second kappa shape index (κ2) is 5.21. The van der Waals surface area contributed by atoms with Gasteiger partial charge in [-0.2, -0.15) is 0 Å². The van der Waals surface area contributed by atoms with Gasteiger partial charge in [0.2, 0.25) is 0 Å². The van der Waals surface area contributed by atoms with Crippen molar-refractivity contribution in [3.8, 4) is 0 Å². The molecule has 0 saturated carbocycles. The molecule has 0 fully saturated rings. The van der Waals surface area contributed by atoms with E-state index in [2.05, 4.69) is 72.8 Å². The van der Waals surface area contributed by atoms with Crippen LogP contribution in [0.1, 0.15) is 22.3 Å². The minimum Gasteiger partial charge on any atom is -0.0795 e. The lowest BCUT2D eigenvalue weighted by atomic mass is 9.88. The minimum absolute atomic E-state index is 1.06. The maximum absolute atomic E-state index is 2.32. The second-order valence-corrected chi connectivity index (χ2v) is 5.75. The lowest BCUT2D eigenvalue weighted by molar-refractivity contribution is 0.959.